The molecule has 9 heavy (non-hydrogen) atoms. The van der Waals surface area contributed by atoms with Crippen molar-refractivity contribution in [2.24, 2.45) is 0 Å². The zero-order chi connectivity index (χ0) is 6.53. The van der Waals surface area contributed by atoms with Gasteiger partial charge in [0.25, 0.3) is 0 Å². The van der Waals surface area contributed by atoms with Crippen LogP contribution >= 0.6 is 0 Å². The Morgan fingerprint density at radius 1 is 1.44 bits per heavy atom. The molecule has 1 rings (SSSR count). The average molecular weight is 118 g/mol. The highest BCUT2D eigenvalue weighted by molar-refractivity contribution is 5.31. The molecule has 0 heterocycles. The molecule has 1 aliphatic carbocycles. The summed E-state index contributed by atoms with van der Waals surface area (Å²) in [6, 6.07) is 0. The summed E-state index contributed by atoms with van der Waals surface area (Å²) >= 11 is 0. The van der Waals surface area contributed by atoms with E-state index in [1.54, 1.807) is 0 Å². The molecule has 46 valence electrons. The first-order valence-corrected chi connectivity index (χ1v) is 3.08. The fourth-order valence-electron chi connectivity index (χ4n) is 0.805. The summed E-state index contributed by atoms with van der Waals surface area (Å²) < 4.78 is 0. The van der Waals surface area contributed by atoms with E-state index < -0.39 is 0 Å². The van der Waals surface area contributed by atoms with Crippen molar-refractivity contribution in [1.29, 1.82) is 0 Å². The van der Waals surface area contributed by atoms with Crippen LogP contribution in [0.3, 0.4) is 0 Å². The van der Waals surface area contributed by atoms with Crippen molar-refractivity contribution in [1.82, 2.24) is 0 Å². The van der Waals surface area contributed by atoms with Crippen molar-refractivity contribution < 1.29 is 0 Å². The zero-order valence-corrected chi connectivity index (χ0v) is 5.38. The van der Waals surface area contributed by atoms with Crippen LogP contribution in [0.2, 0.25) is 0 Å². The molecule has 0 unspecified atom stereocenters. The van der Waals surface area contributed by atoms with E-state index in [4.69, 9.17) is 0 Å². The van der Waals surface area contributed by atoms with E-state index in [2.05, 4.69) is 24.8 Å². The second-order valence-corrected chi connectivity index (χ2v) is 1.97. The maximum Gasteiger partial charge on any atom is -0.00943 e. The lowest BCUT2D eigenvalue weighted by Gasteiger charge is -1.97. The lowest BCUT2D eigenvalue weighted by molar-refractivity contribution is 1.26. The molecular formula is C9H10. The first-order chi connectivity index (χ1) is 4.43. The third-order valence-corrected chi connectivity index (χ3v) is 1.24. The van der Waals surface area contributed by atoms with Gasteiger partial charge < -0.3 is 0 Å². The number of allylic oxidation sites excluding steroid dienone is 7. The van der Waals surface area contributed by atoms with Crippen LogP contribution in [0.5, 0.6) is 0 Å². The summed E-state index contributed by atoms with van der Waals surface area (Å²) in [6.45, 7) is 3.62. The van der Waals surface area contributed by atoms with Gasteiger partial charge in [0.1, 0.15) is 0 Å². The Bertz CT molecular complexity index is 180. The number of hydrogen-bond donors (Lipinski definition) is 0. The van der Waals surface area contributed by atoms with Crippen LogP contribution in [-0.2, 0) is 0 Å². The molecule has 0 heteroatoms. The first kappa shape index (κ1) is 6.09. The highest BCUT2D eigenvalue weighted by atomic mass is 13.9. The molecule has 0 saturated carbocycles. The van der Waals surface area contributed by atoms with Gasteiger partial charge in [-0.15, -0.1) is 0 Å². The molecule has 0 aromatic heterocycles. The van der Waals surface area contributed by atoms with Crippen LogP contribution in [0, 0.1) is 0 Å². The van der Waals surface area contributed by atoms with Gasteiger partial charge in [0.15, 0.2) is 0 Å². The van der Waals surface area contributed by atoms with Crippen molar-refractivity contribution >= 4 is 0 Å². The molecule has 0 spiro atoms. The van der Waals surface area contributed by atoms with E-state index >= 15 is 0 Å². The maximum atomic E-state index is 3.62. The molecule has 0 aromatic rings. The van der Waals surface area contributed by atoms with Crippen molar-refractivity contribution in [3.05, 3.63) is 48.6 Å². The summed E-state index contributed by atoms with van der Waals surface area (Å²) in [6.07, 6.45) is 13.2. The van der Waals surface area contributed by atoms with Crippen LogP contribution in [0.15, 0.2) is 48.6 Å². The van der Waals surface area contributed by atoms with Crippen molar-refractivity contribution in [3.63, 3.8) is 0 Å². The number of rotatable bonds is 1. The molecule has 0 aliphatic heterocycles. The highest BCUT2D eigenvalue weighted by Gasteiger charge is 1.88. The molecule has 0 N–H and O–H groups in total. The Balaban J connectivity index is 2.65. The molecule has 0 aromatic carbocycles. The van der Waals surface area contributed by atoms with E-state index in [0.29, 0.717) is 0 Å². The molecule has 0 bridgehead atoms. The molecular weight excluding hydrogens is 108 g/mol. The second-order valence-electron chi connectivity index (χ2n) is 1.97. The second kappa shape index (κ2) is 3.08. The van der Waals surface area contributed by atoms with Gasteiger partial charge in [-0.3, -0.25) is 0 Å². The largest absolute Gasteiger partial charge is 0.0991 e. The van der Waals surface area contributed by atoms with Gasteiger partial charge >= 0.3 is 0 Å². The standard InChI is InChI=1S/C9H10/c1-2-6-9-7-4-3-5-8-9/h2-7H,1,8H2. The van der Waals surface area contributed by atoms with Gasteiger partial charge in [0.05, 0.1) is 0 Å². The normalized spacial score (nSPS) is 20.7. The SMILES string of the molecule is C=CC=C1C=CC=CC1. The molecule has 0 nitrogen and oxygen atoms in total. The molecule has 1 aliphatic rings. The molecule has 0 saturated heterocycles. The molecule has 0 fully saturated rings. The van der Waals surface area contributed by atoms with E-state index in [0.717, 1.165) is 6.42 Å². The number of hydrogen-bond acceptors (Lipinski definition) is 0. The van der Waals surface area contributed by atoms with Gasteiger partial charge in [0.2, 0.25) is 0 Å². The Hall–Kier alpha value is -1.04. The molecule has 0 amide bonds. The van der Waals surface area contributed by atoms with Gasteiger partial charge in [-0.2, -0.15) is 0 Å². The van der Waals surface area contributed by atoms with E-state index in [1.807, 2.05) is 18.2 Å². The van der Waals surface area contributed by atoms with E-state index in [9.17, 15) is 0 Å². The van der Waals surface area contributed by atoms with Gasteiger partial charge in [0, 0.05) is 0 Å². The van der Waals surface area contributed by atoms with Crippen molar-refractivity contribution in [2.75, 3.05) is 0 Å². The summed E-state index contributed by atoms with van der Waals surface area (Å²) in [5.74, 6) is 0. The quantitative estimate of drug-likeness (QED) is 0.496. The van der Waals surface area contributed by atoms with Gasteiger partial charge in [-0.1, -0.05) is 43.0 Å². The first-order valence-electron chi connectivity index (χ1n) is 3.08. The third-order valence-electron chi connectivity index (χ3n) is 1.24. The Morgan fingerprint density at radius 2 is 2.33 bits per heavy atom. The topological polar surface area (TPSA) is 0 Å². The Morgan fingerprint density at radius 3 is 2.89 bits per heavy atom. The van der Waals surface area contributed by atoms with E-state index in [-0.39, 0.29) is 0 Å². The molecule has 0 radical (unpaired) electrons. The van der Waals surface area contributed by atoms with Crippen LogP contribution in [0.25, 0.3) is 0 Å². The van der Waals surface area contributed by atoms with Crippen LogP contribution in [0.1, 0.15) is 6.42 Å². The predicted octanol–water partition coefficient (Wildman–Crippen LogP) is 2.61. The van der Waals surface area contributed by atoms with Crippen molar-refractivity contribution in [2.45, 2.75) is 6.42 Å². The summed E-state index contributed by atoms with van der Waals surface area (Å²) in [5.41, 5.74) is 1.33. The van der Waals surface area contributed by atoms with Gasteiger partial charge in [-0.25, -0.2) is 0 Å². The van der Waals surface area contributed by atoms with Crippen LogP contribution in [-0.4, -0.2) is 0 Å². The summed E-state index contributed by atoms with van der Waals surface area (Å²) in [4.78, 5) is 0. The minimum Gasteiger partial charge on any atom is -0.0991 e. The molecule has 0 atom stereocenters. The minimum absolute atomic E-state index is 1.04. The smallest absolute Gasteiger partial charge is 0.00943 e. The predicted molar refractivity (Wildman–Crippen MR) is 41.2 cm³/mol. The monoisotopic (exact) mass is 118 g/mol. The average Bonchev–Trinajstić information content (AvgIpc) is 1.91. The third kappa shape index (κ3) is 1.73. The lowest BCUT2D eigenvalue weighted by atomic mass is 10.1. The highest BCUT2D eigenvalue weighted by Crippen LogP contribution is 2.08. The van der Waals surface area contributed by atoms with Crippen LogP contribution < -0.4 is 0 Å². The fraction of sp³-hybridized carbons (Fsp3) is 0.111. The zero-order valence-electron chi connectivity index (χ0n) is 5.38. The lowest BCUT2D eigenvalue weighted by Crippen LogP contribution is -1.77. The fourth-order valence-corrected chi connectivity index (χ4v) is 0.805. The van der Waals surface area contributed by atoms with E-state index in [1.165, 1.54) is 5.57 Å². The Kier molecular flexibility index (Phi) is 2.08. The van der Waals surface area contributed by atoms with Crippen molar-refractivity contribution in [3.8, 4) is 0 Å². The Labute approximate surface area is 55.9 Å². The summed E-state index contributed by atoms with van der Waals surface area (Å²) in [7, 11) is 0. The van der Waals surface area contributed by atoms with Gasteiger partial charge in [-0.05, 0) is 12.0 Å². The maximum absolute atomic E-state index is 3.62. The summed E-state index contributed by atoms with van der Waals surface area (Å²) in [5, 5.41) is 0. The minimum atomic E-state index is 1.04. The van der Waals surface area contributed by atoms with Crippen LogP contribution in [0.4, 0.5) is 0 Å².